The van der Waals surface area contributed by atoms with Crippen LogP contribution in [-0.2, 0) is 17.9 Å². The number of carbonyl (C=O) groups is 1. The van der Waals surface area contributed by atoms with Crippen LogP contribution in [0.2, 0.25) is 5.02 Å². The quantitative estimate of drug-likeness (QED) is 0.169. The Morgan fingerprint density at radius 1 is 0.976 bits per heavy atom. The van der Waals surface area contributed by atoms with Crippen molar-refractivity contribution in [3.05, 3.63) is 101 Å². The van der Waals surface area contributed by atoms with E-state index < -0.39 is 0 Å². The molecule has 42 heavy (non-hydrogen) atoms. The second-order valence-corrected chi connectivity index (χ2v) is 11.3. The third-order valence-electron chi connectivity index (χ3n) is 7.62. The Bertz CT molecular complexity index is 1490. The third-order valence-corrected chi connectivity index (χ3v) is 7.86. The maximum Gasteiger partial charge on any atom is 0.226 e. The number of rotatable bonds is 12. The van der Waals surface area contributed by atoms with Crippen molar-refractivity contribution in [1.29, 1.82) is 5.26 Å². The number of aromatic nitrogens is 3. The molecule has 0 radical (unpaired) electrons. The van der Waals surface area contributed by atoms with Crippen LogP contribution in [0.4, 0.5) is 11.8 Å². The number of hydrogen-bond donors (Lipinski definition) is 3. The van der Waals surface area contributed by atoms with Crippen LogP contribution in [-0.4, -0.2) is 26.5 Å². The fourth-order valence-electron chi connectivity index (χ4n) is 5.46. The lowest BCUT2D eigenvalue weighted by Gasteiger charge is -2.27. The number of anilines is 2. The summed E-state index contributed by atoms with van der Waals surface area (Å²) in [7, 11) is 0. The summed E-state index contributed by atoms with van der Waals surface area (Å²) in [6.07, 6.45) is 11.3. The number of nitrogens with one attached hydrogen (secondary N) is 3. The molecule has 2 aromatic heterocycles. The second kappa shape index (κ2) is 14.5. The molecule has 2 heterocycles. The number of halogens is 1. The minimum atomic E-state index is -0.0812. The molecule has 0 bridgehead atoms. The highest BCUT2D eigenvalue weighted by Crippen LogP contribution is 2.29. The molecule has 8 nitrogen and oxygen atoms in total. The van der Waals surface area contributed by atoms with Crippen LogP contribution < -0.4 is 16.0 Å². The molecule has 3 N–H and O–H groups in total. The predicted octanol–water partition coefficient (Wildman–Crippen LogP) is 6.86. The Morgan fingerprint density at radius 3 is 2.50 bits per heavy atom. The van der Waals surface area contributed by atoms with Gasteiger partial charge in [-0.1, -0.05) is 68.0 Å². The lowest BCUT2D eigenvalue weighted by Crippen LogP contribution is -2.33. The lowest BCUT2D eigenvalue weighted by atomic mass is 9.84. The van der Waals surface area contributed by atoms with Crippen molar-refractivity contribution in [1.82, 2.24) is 19.9 Å². The van der Waals surface area contributed by atoms with Gasteiger partial charge in [0.2, 0.25) is 11.9 Å². The van der Waals surface area contributed by atoms with Gasteiger partial charge in [-0.15, -0.1) is 0 Å². The molecule has 0 aliphatic heterocycles. The first-order chi connectivity index (χ1) is 20.5. The molecule has 1 atom stereocenters. The summed E-state index contributed by atoms with van der Waals surface area (Å²) in [5.74, 6) is 2.45. The van der Waals surface area contributed by atoms with Gasteiger partial charge in [-0.2, -0.15) is 15.2 Å². The highest BCUT2D eigenvalue weighted by Gasteiger charge is 2.22. The summed E-state index contributed by atoms with van der Waals surface area (Å²) in [4.78, 5) is 22.7. The molecule has 5 rings (SSSR count). The Kier molecular flexibility index (Phi) is 10.1. The maximum absolute atomic E-state index is 13.1. The summed E-state index contributed by atoms with van der Waals surface area (Å²) >= 11 is 6.18. The van der Waals surface area contributed by atoms with Crippen molar-refractivity contribution in [2.45, 2.75) is 64.1 Å². The monoisotopic (exact) mass is 581 g/mol. The van der Waals surface area contributed by atoms with Gasteiger partial charge < -0.3 is 20.5 Å². The molecule has 2 aromatic carbocycles. The van der Waals surface area contributed by atoms with Gasteiger partial charge in [0.05, 0.1) is 11.6 Å². The van der Waals surface area contributed by atoms with E-state index in [0.29, 0.717) is 47.8 Å². The number of carbonyl (C=O) groups excluding carboxylic acids is 1. The van der Waals surface area contributed by atoms with Crippen LogP contribution in [0.5, 0.6) is 0 Å². The molecule has 1 saturated carbocycles. The smallest absolute Gasteiger partial charge is 0.226 e. The Hall–Kier alpha value is -4.35. The molecular weight excluding hydrogens is 546 g/mol. The fraction of sp³-hybridized carbons (Fsp3) is 0.333. The van der Waals surface area contributed by atoms with Crippen molar-refractivity contribution in [2.75, 3.05) is 10.6 Å². The summed E-state index contributed by atoms with van der Waals surface area (Å²) in [5.41, 5.74) is 2.59. The zero-order chi connectivity index (χ0) is 29.1. The summed E-state index contributed by atoms with van der Waals surface area (Å²) in [6, 6.07) is 22.9. The molecule has 216 valence electrons. The molecular formula is C33H36ClN7O. The van der Waals surface area contributed by atoms with E-state index in [9.17, 15) is 4.79 Å². The van der Waals surface area contributed by atoms with E-state index >= 15 is 0 Å². The zero-order valence-corrected chi connectivity index (χ0v) is 24.4. The molecule has 1 amide bonds. The van der Waals surface area contributed by atoms with Gasteiger partial charge in [0, 0.05) is 49.0 Å². The van der Waals surface area contributed by atoms with Crippen LogP contribution in [0.15, 0.2) is 79.1 Å². The maximum atomic E-state index is 13.1. The third kappa shape index (κ3) is 8.58. The van der Waals surface area contributed by atoms with Gasteiger partial charge in [0.25, 0.3) is 0 Å². The lowest BCUT2D eigenvalue weighted by molar-refractivity contribution is -0.121. The molecule has 9 heteroatoms. The minimum absolute atomic E-state index is 0.0216. The normalized spacial score (nSPS) is 14.1. The molecule has 4 aromatic rings. The molecule has 0 spiro atoms. The van der Waals surface area contributed by atoms with Crippen LogP contribution in [0.25, 0.3) is 5.82 Å². The van der Waals surface area contributed by atoms with Gasteiger partial charge in [0.15, 0.2) is 0 Å². The Balaban J connectivity index is 1.31. The number of benzene rings is 2. The molecule has 1 aliphatic rings. The highest BCUT2D eigenvalue weighted by atomic mass is 35.5. The topological polar surface area (TPSA) is 108 Å². The molecule has 0 unspecified atom stereocenters. The zero-order valence-electron chi connectivity index (χ0n) is 23.6. The van der Waals surface area contributed by atoms with Crippen LogP contribution in [0, 0.1) is 17.2 Å². The fourth-order valence-corrected chi connectivity index (χ4v) is 5.67. The van der Waals surface area contributed by atoms with Gasteiger partial charge in [-0.25, -0.2) is 0 Å². The van der Waals surface area contributed by atoms with E-state index in [-0.39, 0.29) is 11.9 Å². The van der Waals surface area contributed by atoms with Crippen LogP contribution in [0.3, 0.4) is 0 Å². The average Bonchev–Trinajstić information content (AvgIpc) is 3.55. The van der Waals surface area contributed by atoms with Crippen LogP contribution in [0.1, 0.15) is 61.6 Å². The van der Waals surface area contributed by atoms with Crippen molar-refractivity contribution in [3.8, 4) is 11.9 Å². The first-order valence-electron chi connectivity index (χ1n) is 14.6. The standard InChI is InChI=1S/C33H36ClN7O/c34-28-10-6-9-27(17-28)23-37-33-39-30(20-31(40-33)41-15-4-5-16-41)38-29(18-24-7-2-1-3-8-24)19-32(42)36-22-26-13-11-25(21-35)12-14-26/h4-6,9-17,20,24,29H,1-3,7-8,18-19,22-23H2,(H,36,42)(H2,37,38,39,40)/t29-/m1/s1. The summed E-state index contributed by atoms with van der Waals surface area (Å²) < 4.78 is 1.94. The van der Waals surface area contributed by atoms with E-state index in [1.165, 1.54) is 32.1 Å². The van der Waals surface area contributed by atoms with E-state index in [0.717, 1.165) is 23.4 Å². The summed E-state index contributed by atoms with van der Waals surface area (Å²) in [6.45, 7) is 0.946. The van der Waals surface area contributed by atoms with E-state index in [4.69, 9.17) is 26.8 Å². The van der Waals surface area contributed by atoms with E-state index in [2.05, 4.69) is 22.0 Å². The van der Waals surface area contributed by atoms with Gasteiger partial charge in [-0.05, 0) is 59.9 Å². The SMILES string of the molecule is N#Cc1ccc(CNC(=O)C[C@@H](CC2CCCCC2)Nc2cc(-n3cccc3)nc(NCc3cccc(Cl)c3)n2)cc1. The van der Waals surface area contributed by atoms with Crippen molar-refractivity contribution >= 4 is 29.3 Å². The van der Waals surface area contributed by atoms with Gasteiger partial charge in [-0.3, -0.25) is 4.79 Å². The van der Waals surface area contributed by atoms with Gasteiger partial charge >= 0.3 is 0 Å². The minimum Gasteiger partial charge on any atom is -0.367 e. The van der Waals surface area contributed by atoms with E-state index in [1.807, 2.05) is 71.6 Å². The molecule has 0 saturated heterocycles. The van der Waals surface area contributed by atoms with Gasteiger partial charge in [0.1, 0.15) is 11.6 Å². The number of hydrogen-bond acceptors (Lipinski definition) is 6. The first kappa shape index (κ1) is 29.2. The number of nitrogens with zero attached hydrogens (tertiary/aromatic N) is 4. The van der Waals surface area contributed by atoms with Crippen molar-refractivity contribution < 1.29 is 4.79 Å². The van der Waals surface area contributed by atoms with Crippen molar-refractivity contribution in [2.24, 2.45) is 5.92 Å². The molecule has 1 aliphatic carbocycles. The highest BCUT2D eigenvalue weighted by molar-refractivity contribution is 6.30. The second-order valence-electron chi connectivity index (χ2n) is 10.9. The Morgan fingerprint density at radius 2 is 1.76 bits per heavy atom. The summed E-state index contributed by atoms with van der Waals surface area (Å²) in [5, 5.41) is 19.7. The number of nitriles is 1. The molecule has 1 fully saturated rings. The van der Waals surface area contributed by atoms with Crippen LogP contribution >= 0.6 is 11.6 Å². The largest absolute Gasteiger partial charge is 0.367 e. The Labute approximate surface area is 252 Å². The predicted molar refractivity (Wildman–Crippen MR) is 166 cm³/mol. The number of amides is 1. The first-order valence-corrected chi connectivity index (χ1v) is 14.9. The average molecular weight is 582 g/mol. The van der Waals surface area contributed by atoms with E-state index in [1.54, 1.807) is 12.1 Å². The van der Waals surface area contributed by atoms with Crippen molar-refractivity contribution in [3.63, 3.8) is 0 Å².